The van der Waals surface area contributed by atoms with Gasteiger partial charge in [0.1, 0.15) is 0 Å². The van der Waals surface area contributed by atoms with E-state index in [0.29, 0.717) is 0 Å². The Labute approximate surface area is 125 Å². The minimum atomic E-state index is 0.852. The average molecular weight is 278 g/mol. The Morgan fingerprint density at radius 1 is 0.700 bits per heavy atom. The van der Waals surface area contributed by atoms with Crippen LogP contribution in [0.4, 0.5) is 0 Å². The minimum absolute atomic E-state index is 0.852. The zero-order chi connectivity index (χ0) is 13.6. The van der Waals surface area contributed by atoms with Crippen molar-refractivity contribution in [3.05, 3.63) is 0 Å². The summed E-state index contributed by atoms with van der Waals surface area (Å²) in [4.78, 5) is 2.96. The Morgan fingerprint density at radius 2 is 1.30 bits per heavy atom. The molecule has 2 saturated carbocycles. The van der Waals surface area contributed by atoms with E-state index in [1.54, 1.807) is 0 Å². The van der Waals surface area contributed by atoms with Crippen molar-refractivity contribution in [3.8, 4) is 0 Å². The second kappa shape index (κ2) is 7.79. The van der Waals surface area contributed by atoms with Gasteiger partial charge in [-0.2, -0.15) is 0 Å². The molecule has 0 spiro atoms. The van der Waals surface area contributed by atoms with Gasteiger partial charge in [-0.3, -0.25) is 4.90 Å². The predicted molar refractivity (Wildman–Crippen MR) is 86.0 cm³/mol. The molecule has 0 aromatic rings. The van der Waals surface area contributed by atoms with Gasteiger partial charge in [-0.05, 0) is 31.6 Å². The van der Waals surface area contributed by atoms with E-state index in [4.69, 9.17) is 0 Å². The van der Waals surface area contributed by atoms with Crippen LogP contribution in [0.3, 0.4) is 0 Å². The predicted octanol–water partition coefficient (Wildman–Crippen LogP) is 3.95. The maximum atomic E-state index is 3.70. The molecule has 1 aliphatic heterocycles. The standard InChI is InChI=1S/C18H34N2/c1-2-6-10-16(9-5-1)18-15-19-13-14-20(18)17-11-7-3-4-8-12-17/h16-19H,1-15H2. The zero-order valence-corrected chi connectivity index (χ0v) is 13.3. The van der Waals surface area contributed by atoms with Crippen molar-refractivity contribution in [1.29, 1.82) is 0 Å². The van der Waals surface area contributed by atoms with Crippen LogP contribution in [0.1, 0.15) is 77.0 Å². The van der Waals surface area contributed by atoms with Crippen LogP contribution in [0.25, 0.3) is 0 Å². The minimum Gasteiger partial charge on any atom is -0.314 e. The molecule has 1 N–H and O–H groups in total. The van der Waals surface area contributed by atoms with E-state index in [-0.39, 0.29) is 0 Å². The van der Waals surface area contributed by atoms with Crippen LogP contribution in [0.5, 0.6) is 0 Å². The maximum Gasteiger partial charge on any atom is 0.0252 e. The first-order chi connectivity index (χ1) is 9.95. The van der Waals surface area contributed by atoms with Gasteiger partial charge in [0.15, 0.2) is 0 Å². The van der Waals surface area contributed by atoms with Crippen LogP contribution >= 0.6 is 0 Å². The van der Waals surface area contributed by atoms with Crippen LogP contribution in [-0.2, 0) is 0 Å². The van der Waals surface area contributed by atoms with E-state index in [1.807, 2.05) is 0 Å². The summed E-state index contributed by atoms with van der Waals surface area (Å²) < 4.78 is 0. The molecule has 0 aromatic heterocycles. The molecule has 20 heavy (non-hydrogen) atoms. The first-order valence-corrected chi connectivity index (χ1v) is 9.41. The van der Waals surface area contributed by atoms with E-state index in [0.717, 1.165) is 18.0 Å². The molecule has 1 heterocycles. The molecule has 1 unspecified atom stereocenters. The summed E-state index contributed by atoms with van der Waals surface area (Å²) in [5, 5.41) is 3.70. The Morgan fingerprint density at radius 3 is 1.95 bits per heavy atom. The summed E-state index contributed by atoms with van der Waals surface area (Å²) in [6.45, 7) is 3.80. The van der Waals surface area contributed by atoms with Crippen molar-refractivity contribution >= 4 is 0 Å². The normalized spacial score (nSPS) is 32.7. The molecule has 0 aromatic carbocycles. The SMILES string of the molecule is C1CCCC(C2CNCCN2C2CCCCCC2)CC1. The summed E-state index contributed by atoms with van der Waals surface area (Å²) in [5.74, 6) is 0.980. The van der Waals surface area contributed by atoms with E-state index in [9.17, 15) is 0 Å². The fourth-order valence-electron chi connectivity index (χ4n) is 4.92. The van der Waals surface area contributed by atoms with Crippen molar-refractivity contribution < 1.29 is 0 Å². The van der Waals surface area contributed by atoms with Crippen LogP contribution in [-0.4, -0.2) is 36.6 Å². The Balaban J connectivity index is 1.65. The van der Waals surface area contributed by atoms with Gasteiger partial charge in [0.25, 0.3) is 0 Å². The van der Waals surface area contributed by atoms with E-state index >= 15 is 0 Å². The highest BCUT2D eigenvalue weighted by Crippen LogP contribution is 2.32. The Kier molecular flexibility index (Phi) is 5.78. The molecule has 116 valence electrons. The second-order valence-electron chi connectivity index (χ2n) is 7.41. The van der Waals surface area contributed by atoms with E-state index in [2.05, 4.69) is 10.2 Å². The van der Waals surface area contributed by atoms with Gasteiger partial charge >= 0.3 is 0 Å². The van der Waals surface area contributed by atoms with Crippen LogP contribution in [0.2, 0.25) is 0 Å². The quantitative estimate of drug-likeness (QED) is 0.769. The highest BCUT2D eigenvalue weighted by Gasteiger charge is 2.34. The second-order valence-corrected chi connectivity index (χ2v) is 7.41. The number of nitrogens with zero attached hydrogens (tertiary/aromatic N) is 1. The molecular formula is C18H34N2. The van der Waals surface area contributed by atoms with Gasteiger partial charge in [0.2, 0.25) is 0 Å². The molecule has 0 amide bonds. The molecule has 1 saturated heterocycles. The lowest BCUT2D eigenvalue weighted by molar-refractivity contribution is 0.0543. The van der Waals surface area contributed by atoms with Crippen LogP contribution < -0.4 is 5.32 Å². The summed E-state index contributed by atoms with van der Waals surface area (Å²) in [6, 6.07) is 1.76. The van der Waals surface area contributed by atoms with E-state index < -0.39 is 0 Å². The van der Waals surface area contributed by atoms with Gasteiger partial charge in [-0.25, -0.2) is 0 Å². The fraction of sp³-hybridized carbons (Fsp3) is 1.00. The first-order valence-electron chi connectivity index (χ1n) is 9.41. The molecule has 0 bridgehead atoms. The number of hydrogen-bond acceptors (Lipinski definition) is 2. The summed E-state index contributed by atoms with van der Waals surface area (Å²) >= 11 is 0. The molecule has 0 radical (unpaired) electrons. The van der Waals surface area contributed by atoms with Gasteiger partial charge in [-0.1, -0.05) is 51.4 Å². The number of hydrogen-bond donors (Lipinski definition) is 1. The lowest BCUT2D eigenvalue weighted by Crippen LogP contribution is -2.57. The van der Waals surface area contributed by atoms with Gasteiger partial charge in [-0.15, -0.1) is 0 Å². The highest BCUT2D eigenvalue weighted by molar-refractivity contribution is 4.90. The lowest BCUT2D eigenvalue weighted by atomic mass is 9.87. The third kappa shape index (κ3) is 3.76. The highest BCUT2D eigenvalue weighted by atomic mass is 15.2. The van der Waals surface area contributed by atoms with Gasteiger partial charge < -0.3 is 5.32 Å². The Bertz CT molecular complexity index is 235. The summed E-state index contributed by atoms with van der Waals surface area (Å²) in [6.07, 6.45) is 17.8. The maximum absolute atomic E-state index is 3.70. The van der Waals surface area contributed by atoms with E-state index in [1.165, 1.54) is 96.7 Å². The zero-order valence-electron chi connectivity index (χ0n) is 13.3. The molecule has 2 nitrogen and oxygen atoms in total. The fourth-order valence-corrected chi connectivity index (χ4v) is 4.92. The molecular weight excluding hydrogens is 244 g/mol. The average Bonchev–Trinajstić information content (AvgIpc) is 2.92. The largest absolute Gasteiger partial charge is 0.314 e. The summed E-state index contributed by atoms with van der Waals surface area (Å²) in [5.41, 5.74) is 0. The molecule has 3 fully saturated rings. The molecule has 1 atom stereocenters. The molecule has 2 heteroatoms. The Hall–Kier alpha value is -0.0800. The smallest absolute Gasteiger partial charge is 0.0252 e. The molecule has 2 aliphatic carbocycles. The van der Waals surface area contributed by atoms with Gasteiger partial charge in [0, 0.05) is 31.7 Å². The topological polar surface area (TPSA) is 15.3 Å². The lowest BCUT2D eigenvalue weighted by Gasteiger charge is -2.45. The number of rotatable bonds is 2. The van der Waals surface area contributed by atoms with Crippen molar-refractivity contribution in [3.63, 3.8) is 0 Å². The van der Waals surface area contributed by atoms with Gasteiger partial charge in [0.05, 0.1) is 0 Å². The van der Waals surface area contributed by atoms with Crippen molar-refractivity contribution in [1.82, 2.24) is 10.2 Å². The molecule has 3 aliphatic rings. The van der Waals surface area contributed by atoms with Crippen molar-refractivity contribution in [2.45, 2.75) is 89.1 Å². The van der Waals surface area contributed by atoms with Crippen LogP contribution in [0.15, 0.2) is 0 Å². The monoisotopic (exact) mass is 278 g/mol. The summed E-state index contributed by atoms with van der Waals surface area (Å²) in [7, 11) is 0. The third-order valence-electron chi connectivity index (χ3n) is 6.06. The number of piperazine rings is 1. The third-order valence-corrected chi connectivity index (χ3v) is 6.06. The molecule has 3 rings (SSSR count). The van der Waals surface area contributed by atoms with Crippen LogP contribution in [0, 0.1) is 5.92 Å². The first kappa shape index (κ1) is 14.8. The number of nitrogens with one attached hydrogen (secondary N) is 1. The van der Waals surface area contributed by atoms with Crippen molar-refractivity contribution in [2.24, 2.45) is 5.92 Å². The van der Waals surface area contributed by atoms with Crippen molar-refractivity contribution in [2.75, 3.05) is 19.6 Å².